The number of alkyl halides is 1. The number of aryl methyl sites for hydroxylation is 1. The van der Waals surface area contributed by atoms with E-state index < -0.39 is 0 Å². The molecule has 2 nitrogen and oxygen atoms in total. The van der Waals surface area contributed by atoms with Crippen molar-refractivity contribution >= 4 is 17.5 Å². The van der Waals surface area contributed by atoms with Crippen LogP contribution in [-0.4, -0.2) is 17.8 Å². The van der Waals surface area contributed by atoms with Gasteiger partial charge >= 0.3 is 0 Å². The Morgan fingerprint density at radius 1 is 1.44 bits per heavy atom. The summed E-state index contributed by atoms with van der Waals surface area (Å²) in [5.74, 6) is 0.0617. The largest absolute Gasteiger partial charge is 0.356 e. The minimum Gasteiger partial charge on any atom is -0.356 e. The Balaban J connectivity index is 2.37. The molecule has 16 heavy (non-hydrogen) atoms. The standard InChI is InChI=1S/C13H18ClNO/c1-10-5-3-4-6-12(10)9-13(16)15-8-7-11(2)14/h3-6,11H,7-9H2,1-2H3,(H,15,16). The lowest BCUT2D eigenvalue weighted by Crippen LogP contribution is -2.27. The third-order valence-corrected chi connectivity index (χ3v) is 2.69. The molecule has 1 rings (SSSR count). The maximum Gasteiger partial charge on any atom is 0.224 e. The number of carbonyl (C=O) groups excluding carboxylic acids is 1. The maximum absolute atomic E-state index is 11.6. The highest BCUT2D eigenvalue weighted by Crippen LogP contribution is 2.07. The van der Waals surface area contributed by atoms with E-state index in [4.69, 9.17) is 11.6 Å². The smallest absolute Gasteiger partial charge is 0.224 e. The number of rotatable bonds is 5. The summed E-state index contributed by atoms with van der Waals surface area (Å²) in [6, 6.07) is 7.94. The molecule has 0 saturated carbocycles. The maximum atomic E-state index is 11.6. The van der Waals surface area contributed by atoms with Crippen LogP contribution in [0.2, 0.25) is 0 Å². The SMILES string of the molecule is Cc1ccccc1CC(=O)NCCC(C)Cl. The average Bonchev–Trinajstić information content (AvgIpc) is 2.21. The van der Waals surface area contributed by atoms with Gasteiger partial charge in [-0.15, -0.1) is 11.6 Å². The van der Waals surface area contributed by atoms with Gasteiger partial charge in [0.1, 0.15) is 0 Å². The second kappa shape index (κ2) is 6.54. The van der Waals surface area contributed by atoms with Gasteiger partial charge in [-0.3, -0.25) is 4.79 Å². The van der Waals surface area contributed by atoms with Crippen molar-refractivity contribution in [1.82, 2.24) is 5.32 Å². The fourth-order valence-electron chi connectivity index (χ4n) is 1.45. The van der Waals surface area contributed by atoms with E-state index in [0.717, 1.165) is 17.5 Å². The minimum absolute atomic E-state index is 0.0617. The van der Waals surface area contributed by atoms with Gasteiger partial charge in [0.15, 0.2) is 0 Å². The Morgan fingerprint density at radius 3 is 2.75 bits per heavy atom. The molecule has 0 bridgehead atoms. The van der Waals surface area contributed by atoms with Crippen molar-refractivity contribution in [1.29, 1.82) is 0 Å². The summed E-state index contributed by atoms with van der Waals surface area (Å²) in [7, 11) is 0. The highest BCUT2D eigenvalue weighted by molar-refractivity contribution is 6.20. The number of carbonyl (C=O) groups is 1. The van der Waals surface area contributed by atoms with Gasteiger partial charge < -0.3 is 5.32 Å². The molecular weight excluding hydrogens is 222 g/mol. The van der Waals surface area contributed by atoms with Crippen LogP contribution >= 0.6 is 11.6 Å². The summed E-state index contributed by atoms with van der Waals surface area (Å²) in [4.78, 5) is 11.6. The monoisotopic (exact) mass is 239 g/mol. The molecule has 1 amide bonds. The molecular formula is C13H18ClNO. The first-order valence-electron chi connectivity index (χ1n) is 5.55. The molecule has 0 radical (unpaired) electrons. The predicted octanol–water partition coefficient (Wildman–Crippen LogP) is 2.67. The van der Waals surface area contributed by atoms with Crippen molar-refractivity contribution in [2.45, 2.75) is 32.1 Å². The van der Waals surface area contributed by atoms with E-state index in [1.54, 1.807) is 0 Å². The average molecular weight is 240 g/mol. The molecule has 0 aliphatic carbocycles. The molecule has 0 aliphatic heterocycles. The van der Waals surface area contributed by atoms with Crippen molar-refractivity contribution in [3.8, 4) is 0 Å². The van der Waals surface area contributed by atoms with Gasteiger partial charge in [0.2, 0.25) is 5.91 Å². The number of nitrogens with one attached hydrogen (secondary N) is 1. The first kappa shape index (κ1) is 13.0. The van der Waals surface area contributed by atoms with Crippen molar-refractivity contribution < 1.29 is 4.79 Å². The lowest BCUT2D eigenvalue weighted by molar-refractivity contribution is -0.120. The zero-order valence-electron chi connectivity index (χ0n) is 9.79. The van der Waals surface area contributed by atoms with E-state index in [9.17, 15) is 4.79 Å². The number of hydrogen-bond donors (Lipinski definition) is 1. The van der Waals surface area contributed by atoms with Gasteiger partial charge in [0.05, 0.1) is 6.42 Å². The Kier molecular flexibility index (Phi) is 5.33. The van der Waals surface area contributed by atoms with Gasteiger partial charge in [0.25, 0.3) is 0 Å². The molecule has 1 atom stereocenters. The second-order valence-electron chi connectivity index (χ2n) is 4.02. The number of amides is 1. The molecule has 0 saturated heterocycles. The van der Waals surface area contributed by atoms with Crippen LogP contribution < -0.4 is 5.32 Å². The molecule has 0 aromatic heterocycles. The van der Waals surface area contributed by atoms with Crippen molar-refractivity contribution in [2.24, 2.45) is 0 Å². The predicted molar refractivity (Wildman–Crippen MR) is 67.8 cm³/mol. The zero-order valence-corrected chi connectivity index (χ0v) is 10.6. The summed E-state index contributed by atoms with van der Waals surface area (Å²) >= 11 is 5.80. The minimum atomic E-state index is 0.0617. The number of benzene rings is 1. The Morgan fingerprint density at radius 2 is 2.12 bits per heavy atom. The van der Waals surface area contributed by atoms with Crippen LogP contribution in [0.3, 0.4) is 0 Å². The zero-order chi connectivity index (χ0) is 12.0. The Labute approximate surface area is 102 Å². The third kappa shape index (κ3) is 4.67. The van der Waals surface area contributed by atoms with Crippen LogP contribution in [0.25, 0.3) is 0 Å². The molecule has 1 aromatic rings. The normalized spacial score (nSPS) is 12.2. The van der Waals surface area contributed by atoms with Gasteiger partial charge in [-0.05, 0) is 31.4 Å². The van der Waals surface area contributed by atoms with Crippen molar-refractivity contribution in [3.05, 3.63) is 35.4 Å². The highest BCUT2D eigenvalue weighted by atomic mass is 35.5. The van der Waals surface area contributed by atoms with Crippen LogP contribution in [0.5, 0.6) is 0 Å². The Bertz CT molecular complexity index is 350. The first-order valence-corrected chi connectivity index (χ1v) is 5.98. The molecule has 0 heterocycles. The van der Waals surface area contributed by atoms with E-state index in [0.29, 0.717) is 13.0 Å². The molecule has 1 unspecified atom stereocenters. The van der Waals surface area contributed by atoms with Gasteiger partial charge in [-0.2, -0.15) is 0 Å². The molecule has 1 aromatic carbocycles. The second-order valence-corrected chi connectivity index (χ2v) is 4.77. The quantitative estimate of drug-likeness (QED) is 0.787. The summed E-state index contributed by atoms with van der Waals surface area (Å²) < 4.78 is 0. The topological polar surface area (TPSA) is 29.1 Å². The summed E-state index contributed by atoms with van der Waals surface area (Å²) in [6.45, 7) is 4.59. The van der Waals surface area contributed by atoms with Crippen LogP contribution in [0.4, 0.5) is 0 Å². The summed E-state index contributed by atoms with van der Waals surface area (Å²) in [6.07, 6.45) is 1.25. The fraction of sp³-hybridized carbons (Fsp3) is 0.462. The van der Waals surface area contributed by atoms with Crippen LogP contribution in [0.1, 0.15) is 24.5 Å². The van der Waals surface area contributed by atoms with Gasteiger partial charge in [-0.25, -0.2) is 0 Å². The molecule has 0 fully saturated rings. The van der Waals surface area contributed by atoms with E-state index >= 15 is 0 Å². The van der Waals surface area contributed by atoms with Gasteiger partial charge in [-0.1, -0.05) is 24.3 Å². The van der Waals surface area contributed by atoms with E-state index in [1.165, 1.54) is 0 Å². The number of hydrogen-bond acceptors (Lipinski definition) is 1. The molecule has 0 aliphatic rings. The lowest BCUT2D eigenvalue weighted by Gasteiger charge is -2.07. The van der Waals surface area contributed by atoms with Crippen molar-refractivity contribution in [3.63, 3.8) is 0 Å². The molecule has 3 heteroatoms. The third-order valence-electron chi connectivity index (χ3n) is 2.48. The lowest BCUT2D eigenvalue weighted by atomic mass is 10.1. The fourth-order valence-corrected chi connectivity index (χ4v) is 1.56. The van der Waals surface area contributed by atoms with Crippen LogP contribution in [0.15, 0.2) is 24.3 Å². The summed E-state index contributed by atoms with van der Waals surface area (Å²) in [5.41, 5.74) is 2.24. The van der Waals surface area contributed by atoms with E-state index in [2.05, 4.69) is 5.32 Å². The van der Waals surface area contributed by atoms with E-state index in [1.807, 2.05) is 38.1 Å². The van der Waals surface area contributed by atoms with Gasteiger partial charge in [0, 0.05) is 11.9 Å². The van der Waals surface area contributed by atoms with E-state index in [-0.39, 0.29) is 11.3 Å². The first-order chi connectivity index (χ1) is 7.59. The Hall–Kier alpha value is -1.02. The number of halogens is 1. The molecule has 1 N–H and O–H groups in total. The van der Waals surface area contributed by atoms with Crippen LogP contribution in [-0.2, 0) is 11.2 Å². The highest BCUT2D eigenvalue weighted by Gasteiger charge is 2.05. The van der Waals surface area contributed by atoms with Crippen LogP contribution in [0, 0.1) is 6.92 Å². The molecule has 88 valence electrons. The molecule has 0 spiro atoms. The van der Waals surface area contributed by atoms with Crippen molar-refractivity contribution in [2.75, 3.05) is 6.54 Å². The summed E-state index contributed by atoms with van der Waals surface area (Å²) in [5, 5.41) is 2.98.